The maximum atomic E-state index is 11.9. The molecule has 0 saturated carbocycles. The van der Waals surface area contributed by atoms with E-state index >= 15 is 0 Å². The van der Waals surface area contributed by atoms with Crippen LogP contribution in [0.3, 0.4) is 0 Å². The molecular weight excluding hydrogens is 248 g/mol. The number of pyridine rings is 1. The molecule has 0 spiro atoms. The number of rotatable bonds is 3. The number of benzene rings is 1. The Kier molecular flexibility index (Phi) is 3.50. The van der Waals surface area contributed by atoms with Gasteiger partial charge in [0, 0.05) is 30.2 Å². The average molecular weight is 267 g/mol. The van der Waals surface area contributed by atoms with Crippen molar-refractivity contribution in [2.45, 2.75) is 32.4 Å². The second-order valence-electron chi connectivity index (χ2n) is 5.37. The summed E-state index contributed by atoms with van der Waals surface area (Å²) in [5.41, 5.74) is 2.28. The van der Waals surface area contributed by atoms with Crippen molar-refractivity contribution >= 4 is 11.6 Å². The summed E-state index contributed by atoms with van der Waals surface area (Å²) in [7, 11) is 0. The van der Waals surface area contributed by atoms with E-state index in [1.807, 2.05) is 35.5 Å². The van der Waals surface area contributed by atoms with Gasteiger partial charge in [-0.15, -0.1) is 0 Å². The zero-order valence-corrected chi connectivity index (χ0v) is 11.7. The lowest BCUT2D eigenvalue weighted by Crippen LogP contribution is -2.35. The van der Waals surface area contributed by atoms with Gasteiger partial charge in [0.2, 0.25) is 5.91 Å². The van der Waals surface area contributed by atoms with Crippen LogP contribution in [0.25, 0.3) is 0 Å². The third-order valence-corrected chi connectivity index (χ3v) is 3.85. The molecule has 1 aliphatic rings. The summed E-state index contributed by atoms with van der Waals surface area (Å²) in [6.45, 7) is 2.96. The van der Waals surface area contributed by atoms with E-state index in [2.05, 4.69) is 35.8 Å². The molecule has 102 valence electrons. The Balaban J connectivity index is 1.76. The van der Waals surface area contributed by atoms with Crippen LogP contribution in [0.2, 0.25) is 0 Å². The smallest absolute Gasteiger partial charge is 0.227 e. The number of hydrogen-bond donors (Lipinski definition) is 0. The number of nitrogens with zero attached hydrogens (tertiary/aromatic N) is 2. The molecule has 3 heteroatoms. The Hall–Kier alpha value is -2.16. The largest absolute Gasteiger partial charge is 0.309 e. The molecule has 0 unspecified atom stereocenters. The number of carbonyl (C=O) groups excluding carboxylic acids is 1. The summed E-state index contributed by atoms with van der Waals surface area (Å²) < 4.78 is 2.13. The molecule has 2 aromatic rings. The summed E-state index contributed by atoms with van der Waals surface area (Å²) in [5, 5.41) is 0. The van der Waals surface area contributed by atoms with Crippen LogP contribution >= 0.6 is 0 Å². The van der Waals surface area contributed by atoms with Crippen molar-refractivity contribution < 1.29 is 9.36 Å². The molecule has 1 atom stereocenters. The molecule has 0 N–H and O–H groups in total. The van der Waals surface area contributed by atoms with Gasteiger partial charge in [-0.25, -0.2) is 4.57 Å². The standard InChI is InChI=1S/C17H19N2O/c1-14-7-8-17(20)19(14)16-9-11-18(12-10-16)13-15-5-3-2-4-6-15/h2-6,9-12,14H,7-8,13H2,1H3/q+1/t14-/m0/s1. The van der Waals surface area contributed by atoms with Crippen LogP contribution in [0.5, 0.6) is 0 Å². The van der Waals surface area contributed by atoms with Gasteiger partial charge in [0.25, 0.3) is 0 Å². The van der Waals surface area contributed by atoms with E-state index in [1.165, 1.54) is 5.56 Å². The van der Waals surface area contributed by atoms with Crippen LogP contribution < -0.4 is 9.47 Å². The number of hydrogen-bond acceptors (Lipinski definition) is 1. The van der Waals surface area contributed by atoms with Gasteiger partial charge >= 0.3 is 0 Å². The summed E-state index contributed by atoms with van der Waals surface area (Å²) >= 11 is 0. The van der Waals surface area contributed by atoms with Crippen LogP contribution in [-0.2, 0) is 11.3 Å². The van der Waals surface area contributed by atoms with Gasteiger partial charge in [0.15, 0.2) is 18.9 Å². The lowest BCUT2D eigenvalue weighted by molar-refractivity contribution is -0.688. The Labute approximate surface area is 119 Å². The van der Waals surface area contributed by atoms with E-state index < -0.39 is 0 Å². The van der Waals surface area contributed by atoms with Crippen molar-refractivity contribution in [3.63, 3.8) is 0 Å². The summed E-state index contributed by atoms with van der Waals surface area (Å²) in [6.07, 6.45) is 5.71. The monoisotopic (exact) mass is 267 g/mol. The van der Waals surface area contributed by atoms with Gasteiger partial charge in [-0.1, -0.05) is 30.3 Å². The minimum atomic E-state index is 0.235. The van der Waals surface area contributed by atoms with E-state index in [1.54, 1.807) is 0 Å². The molecule has 1 aromatic carbocycles. The molecule has 0 radical (unpaired) electrons. The SMILES string of the molecule is C[C@H]1CCC(=O)N1c1cc[n+](Cc2ccccc2)cc1. The maximum absolute atomic E-state index is 11.9. The first-order chi connectivity index (χ1) is 9.74. The average Bonchev–Trinajstić information content (AvgIpc) is 2.81. The van der Waals surface area contributed by atoms with E-state index in [9.17, 15) is 4.79 Å². The molecule has 1 fully saturated rings. The highest BCUT2D eigenvalue weighted by molar-refractivity contribution is 5.95. The van der Waals surface area contributed by atoms with Crippen LogP contribution in [-0.4, -0.2) is 11.9 Å². The van der Waals surface area contributed by atoms with Crippen molar-refractivity contribution in [2.75, 3.05) is 4.90 Å². The second kappa shape index (κ2) is 5.45. The van der Waals surface area contributed by atoms with Crippen molar-refractivity contribution in [1.29, 1.82) is 0 Å². The fourth-order valence-electron chi connectivity index (χ4n) is 2.74. The molecule has 1 aliphatic heterocycles. The van der Waals surface area contributed by atoms with Crippen molar-refractivity contribution in [3.05, 3.63) is 60.4 Å². The molecule has 1 saturated heterocycles. The predicted octanol–water partition coefficient (Wildman–Crippen LogP) is 2.54. The summed E-state index contributed by atoms with van der Waals surface area (Å²) in [4.78, 5) is 13.8. The van der Waals surface area contributed by atoms with E-state index in [-0.39, 0.29) is 5.91 Å². The second-order valence-corrected chi connectivity index (χ2v) is 5.37. The Morgan fingerprint density at radius 1 is 1.15 bits per heavy atom. The van der Waals surface area contributed by atoms with E-state index in [4.69, 9.17) is 0 Å². The lowest BCUT2D eigenvalue weighted by atomic mass is 10.2. The third kappa shape index (κ3) is 2.57. The normalized spacial score (nSPS) is 18.6. The molecule has 20 heavy (non-hydrogen) atoms. The quantitative estimate of drug-likeness (QED) is 0.784. The van der Waals surface area contributed by atoms with Crippen LogP contribution in [0.1, 0.15) is 25.3 Å². The van der Waals surface area contributed by atoms with Gasteiger partial charge in [0.05, 0.1) is 5.69 Å². The fraction of sp³-hybridized carbons (Fsp3) is 0.294. The topological polar surface area (TPSA) is 24.2 Å². The minimum absolute atomic E-state index is 0.235. The highest BCUT2D eigenvalue weighted by atomic mass is 16.2. The third-order valence-electron chi connectivity index (χ3n) is 3.85. The lowest BCUT2D eigenvalue weighted by Gasteiger charge is -2.20. The maximum Gasteiger partial charge on any atom is 0.227 e. The molecule has 0 aliphatic carbocycles. The molecular formula is C17H19N2O+. The Bertz CT molecular complexity index is 592. The number of aromatic nitrogens is 1. The highest BCUT2D eigenvalue weighted by Crippen LogP contribution is 2.25. The Morgan fingerprint density at radius 2 is 1.85 bits per heavy atom. The van der Waals surface area contributed by atoms with Gasteiger partial charge in [-0.05, 0) is 13.3 Å². The first kappa shape index (κ1) is 12.9. The van der Waals surface area contributed by atoms with Crippen molar-refractivity contribution in [1.82, 2.24) is 0 Å². The molecule has 3 rings (SSSR count). The van der Waals surface area contributed by atoms with Gasteiger partial charge in [0.1, 0.15) is 0 Å². The Morgan fingerprint density at radius 3 is 2.45 bits per heavy atom. The van der Waals surface area contributed by atoms with Crippen molar-refractivity contribution in [2.24, 2.45) is 0 Å². The van der Waals surface area contributed by atoms with Crippen LogP contribution in [0, 0.1) is 0 Å². The summed E-state index contributed by atoms with van der Waals surface area (Å²) in [5.74, 6) is 0.235. The van der Waals surface area contributed by atoms with E-state index in [0.717, 1.165) is 18.7 Å². The van der Waals surface area contributed by atoms with Gasteiger partial charge in [-0.2, -0.15) is 0 Å². The first-order valence-electron chi connectivity index (χ1n) is 7.09. The zero-order chi connectivity index (χ0) is 13.9. The van der Waals surface area contributed by atoms with Crippen molar-refractivity contribution in [3.8, 4) is 0 Å². The highest BCUT2D eigenvalue weighted by Gasteiger charge is 2.29. The number of amides is 1. The fourth-order valence-corrected chi connectivity index (χ4v) is 2.74. The number of anilines is 1. The van der Waals surface area contributed by atoms with Gasteiger partial charge < -0.3 is 4.90 Å². The zero-order valence-electron chi connectivity index (χ0n) is 11.7. The van der Waals surface area contributed by atoms with Gasteiger partial charge in [-0.3, -0.25) is 4.79 Å². The van der Waals surface area contributed by atoms with E-state index in [0.29, 0.717) is 12.5 Å². The first-order valence-corrected chi connectivity index (χ1v) is 7.09. The molecule has 2 heterocycles. The molecule has 1 amide bonds. The van der Waals surface area contributed by atoms with Crippen LogP contribution in [0.15, 0.2) is 54.9 Å². The predicted molar refractivity (Wildman–Crippen MR) is 78.4 cm³/mol. The van der Waals surface area contributed by atoms with Crippen LogP contribution in [0.4, 0.5) is 5.69 Å². The molecule has 1 aromatic heterocycles. The minimum Gasteiger partial charge on any atom is -0.309 e. The summed E-state index contributed by atoms with van der Waals surface area (Å²) in [6, 6.07) is 14.7. The number of carbonyl (C=O) groups is 1. The molecule has 0 bridgehead atoms. The molecule has 3 nitrogen and oxygen atoms in total.